The fourth-order valence-corrected chi connectivity index (χ4v) is 5.29. The van der Waals surface area contributed by atoms with E-state index in [1.165, 1.54) is 0 Å². The highest BCUT2D eigenvalue weighted by Gasteiger charge is 2.30. The number of hydrogen-bond donors (Lipinski definition) is 0. The van der Waals surface area contributed by atoms with E-state index in [0.717, 1.165) is 49.4 Å². The third-order valence-electron chi connectivity index (χ3n) is 5.23. The van der Waals surface area contributed by atoms with Crippen molar-refractivity contribution in [1.29, 1.82) is 0 Å². The Kier molecular flexibility index (Phi) is 3.96. The first-order valence-corrected chi connectivity index (χ1v) is 10.3. The molecule has 25 heavy (non-hydrogen) atoms. The van der Waals surface area contributed by atoms with Gasteiger partial charge in [0.2, 0.25) is 10.0 Å². The quantitative estimate of drug-likeness (QED) is 0.844. The minimum Gasteiger partial charge on any atom is -0.310 e. The lowest BCUT2D eigenvalue weighted by Crippen LogP contribution is -2.28. The van der Waals surface area contributed by atoms with Crippen LogP contribution in [0.5, 0.6) is 0 Å². The summed E-state index contributed by atoms with van der Waals surface area (Å²) in [7, 11) is -3.42. The molecular formula is C18H24N4O2S. The van der Waals surface area contributed by atoms with E-state index in [4.69, 9.17) is 0 Å². The van der Waals surface area contributed by atoms with Crippen LogP contribution in [-0.2, 0) is 23.0 Å². The first-order valence-electron chi connectivity index (χ1n) is 8.90. The van der Waals surface area contributed by atoms with Gasteiger partial charge in [-0.3, -0.25) is 0 Å². The van der Waals surface area contributed by atoms with E-state index in [1.807, 2.05) is 6.07 Å². The van der Waals surface area contributed by atoms with E-state index < -0.39 is 10.0 Å². The van der Waals surface area contributed by atoms with Gasteiger partial charge in [-0.1, -0.05) is 26.0 Å². The van der Waals surface area contributed by atoms with Crippen molar-refractivity contribution >= 4 is 10.0 Å². The Labute approximate surface area is 148 Å². The fourth-order valence-electron chi connectivity index (χ4n) is 3.73. The average molecular weight is 360 g/mol. The molecule has 0 atom stereocenters. The fraction of sp³-hybridized carbons (Fsp3) is 0.556. The number of nitrogens with zero attached hydrogens (tertiary/aromatic N) is 4. The molecule has 0 amide bonds. The van der Waals surface area contributed by atoms with Crippen molar-refractivity contribution < 1.29 is 8.42 Å². The van der Waals surface area contributed by atoms with Gasteiger partial charge in [-0.2, -0.15) is 4.31 Å². The van der Waals surface area contributed by atoms with Gasteiger partial charge in [0.15, 0.2) is 5.82 Å². The SMILES string of the molecule is CC1(C)CCc2nnc(-c3cccc(S(=O)(=O)N4CCCC4)c3)n2C1. The molecule has 1 aromatic carbocycles. The molecule has 6 nitrogen and oxygen atoms in total. The smallest absolute Gasteiger partial charge is 0.243 e. The third kappa shape index (κ3) is 3.00. The number of hydrogen-bond acceptors (Lipinski definition) is 4. The molecule has 0 spiro atoms. The summed E-state index contributed by atoms with van der Waals surface area (Å²) in [5, 5.41) is 8.68. The second-order valence-corrected chi connectivity index (χ2v) is 9.77. The summed E-state index contributed by atoms with van der Waals surface area (Å²) in [6.45, 7) is 6.57. The van der Waals surface area contributed by atoms with E-state index in [-0.39, 0.29) is 5.41 Å². The van der Waals surface area contributed by atoms with Gasteiger partial charge in [0.05, 0.1) is 4.90 Å². The molecule has 134 valence electrons. The minimum atomic E-state index is -3.42. The lowest BCUT2D eigenvalue weighted by Gasteiger charge is -2.30. The molecule has 2 aliphatic rings. The first-order chi connectivity index (χ1) is 11.9. The second-order valence-electron chi connectivity index (χ2n) is 7.83. The Hall–Kier alpha value is -1.73. The number of sulfonamides is 1. The lowest BCUT2D eigenvalue weighted by atomic mass is 9.85. The molecule has 0 radical (unpaired) electrons. The Morgan fingerprint density at radius 2 is 1.88 bits per heavy atom. The van der Waals surface area contributed by atoms with E-state index in [1.54, 1.807) is 22.5 Å². The summed E-state index contributed by atoms with van der Waals surface area (Å²) in [6, 6.07) is 7.14. The Morgan fingerprint density at radius 3 is 2.64 bits per heavy atom. The predicted molar refractivity (Wildman–Crippen MR) is 95.6 cm³/mol. The Morgan fingerprint density at radius 1 is 1.12 bits per heavy atom. The van der Waals surface area contributed by atoms with Crippen molar-refractivity contribution in [2.24, 2.45) is 5.41 Å². The van der Waals surface area contributed by atoms with Crippen molar-refractivity contribution in [3.05, 3.63) is 30.1 Å². The maximum absolute atomic E-state index is 12.8. The maximum Gasteiger partial charge on any atom is 0.243 e. The molecule has 4 rings (SSSR count). The van der Waals surface area contributed by atoms with Gasteiger partial charge >= 0.3 is 0 Å². The average Bonchev–Trinajstić information content (AvgIpc) is 3.24. The molecular weight excluding hydrogens is 336 g/mol. The highest BCUT2D eigenvalue weighted by molar-refractivity contribution is 7.89. The van der Waals surface area contributed by atoms with Crippen LogP contribution in [0.25, 0.3) is 11.4 Å². The molecule has 3 heterocycles. The molecule has 0 saturated carbocycles. The molecule has 2 aromatic rings. The van der Waals surface area contributed by atoms with Crippen molar-refractivity contribution in [2.45, 2.75) is 51.0 Å². The van der Waals surface area contributed by atoms with Crippen molar-refractivity contribution in [1.82, 2.24) is 19.1 Å². The van der Waals surface area contributed by atoms with Gasteiger partial charge in [-0.25, -0.2) is 8.42 Å². The monoisotopic (exact) mass is 360 g/mol. The van der Waals surface area contributed by atoms with Crippen molar-refractivity contribution in [3.63, 3.8) is 0 Å². The first kappa shape index (κ1) is 16.7. The zero-order valence-electron chi connectivity index (χ0n) is 14.8. The van der Waals surface area contributed by atoms with Crippen LogP contribution in [0, 0.1) is 5.41 Å². The van der Waals surface area contributed by atoms with Crippen LogP contribution in [0.15, 0.2) is 29.2 Å². The number of aromatic nitrogens is 3. The normalized spacial score (nSPS) is 20.6. The second kappa shape index (κ2) is 5.92. The largest absolute Gasteiger partial charge is 0.310 e. The van der Waals surface area contributed by atoms with E-state index in [9.17, 15) is 8.42 Å². The number of aryl methyl sites for hydroxylation is 1. The summed E-state index contributed by atoms with van der Waals surface area (Å²) in [5.74, 6) is 1.75. The lowest BCUT2D eigenvalue weighted by molar-refractivity contribution is 0.248. The summed E-state index contributed by atoms with van der Waals surface area (Å²) in [5.41, 5.74) is 1.01. The van der Waals surface area contributed by atoms with E-state index in [0.29, 0.717) is 18.0 Å². The molecule has 0 N–H and O–H groups in total. The topological polar surface area (TPSA) is 68.1 Å². The molecule has 2 aliphatic heterocycles. The zero-order valence-corrected chi connectivity index (χ0v) is 15.6. The zero-order chi connectivity index (χ0) is 17.7. The van der Waals surface area contributed by atoms with Crippen LogP contribution >= 0.6 is 0 Å². The van der Waals surface area contributed by atoms with Gasteiger partial charge in [0.1, 0.15) is 5.82 Å². The highest BCUT2D eigenvalue weighted by Crippen LogP contribution is 2.33. The van der Waals surface area contributed by atoms with Gasteiger partial charge < -0.3 is 4.57 Å². The highest BCUT2D eigenvalue weighted by atomic mass is 32.2. The van der Waals surface area contributed by atoms with Crippen LogP contribution in [0.1, 0.15) is 38.9 Å². The predicted octanol–water partition coefficient (Wildman–Crippen LogP) is 2.70. The van der Waals surface area contributed by atoms with E-state index >= 15 is 0 Å². The maximum atomic E-state index is 12.8. The minimum absolute atomic E-state index is 0.198. The van der Waals surface area contributed by atoms with Crippen LogP contribution in [0.3, 0.4) is 0 Å². The molecule has 0 aliphatic carbocycles. The summed E-state index contributed by atoms with van der Waals surface area (Å²) < 4.78 is 29.4. The summed E-state index contributed by atoms with van der Waals surface area (Å²) in [6.07, 6.45) is 3.87. The van der Waals surface area contributed by atoms with Crippen LogP contribution < -0.4 is 0 Å². The van der Waals surface area contributed by atoms with Gasteiger partial charge in [0, 0.05) is 31.6 Å². The van der Waals surface area contributed by atoms with E-state index in [2.05, 4.69) is 28.6 Å². The molecule has 0 bridgehead atoms. The van der Waals surface area contributed by atoms with Crippen LogP contribution in [0.2, 0.25) is 0 Å². The molecule has 0 unspecified atom stereocenters. The molecule has 1 fully saturated rings. The van der Waals surface area contributed by atoms with Gasteiger partial charge in [-0.15, -0.1) is 10.2 Å². The third-order valence-corrected chi connectivity index (χ3v) is 7.13. The summed E-state index contributed by atoms with van der Waals surface area (Å²) in [4.78, 5) is 0.347. The molecule has 1 aromatic heterocycles. The molecule has 1 saturated heterocycles. The number of rotatable bonds is 3. The number of fused-ring (bicyclic) bond motifs is 1. The van der Waals surface area contributed by atoms with Crippen molar-refractivity contribution in [3.8, 4) is 11.4 Å². The molecule has 7 heteroatoms. The Balaban J connectivity index is 1.73. The van der Waals surface area contributed by atoms with Crippen LogP contribution in [-0.4, -0.2) is 40.6 Å². The number of benzene rings is 1. The Bertz CT molecular complexity index is 896. The standard InChI is InChI=1S/C18H24N4O2S/c1-18(2)9-8-16-19-20-17(22(16)13-18)14-6-5-7-15(12-14)25(23,24)21-10-3-4-11-21/h5-7,12H,3-4,8-11,13H2,1-2H3. The van der Waals surface area contributed by atoms with Gasteiger partial charge in [0.25, 0.3) is 0 Å². The van der Waals surface area contributed by atoms with Gasteiger partial charge in [-0.05, 0) is 36.8 Å². The van der Waals surface area contributed by atoms with Crippen LogP contribution in [0.4, 0.5) is 0 Å². The van der Waals surface area contributed by atoms with Crippen molar-refractivity contribution in [2.75, 3.05) is 13.1 Å². The summed E-state index contributed by atoms with van der Waals surface area (Å²) >= 11 is 0.